The molecule has 3 heteroatoms. The van der Waals surface area contributed by atoms with Gasteiger partial charge in [0.2, 0.25) is 5.91 Å². The number of carbonyl (C=O) groups is 1. The Kier molecular flexibility index (Phi) is 4.58. The van der Waals surface area contributed by atoms with Crippen LogP contribution in [0.5, 0.6) is 0 Å². The molecule has 0 aliphatic heterocycles. The summed E-state index contributed by atoms with van der Waals surface area (Å²) in [5.41, 5.74) is 5.76. The highest BCUT2D eigenvalue weighted by Gasteiger charge is 2.26. The number of amides is 1. The van der Waals surface area contributed by atoms with Crippen LogP contribution in [0.1, 0.15) is 46.0 Å². The third-order valence-electron chi connectivity index (χ3n) is 3.64. The molecule has 2 N–H and O–H groups in total. The average Bonchev–Trinajstić information content (AvgIpc) is 2.27. The van der Waals surface area contributed by atoms with Crippen molar-refractivity contribution in [1.82, 2.24) is 4.90 Å². The largest absolute Gasteiger partial charge is 0.341 e. The Morgan fingerprint density at radius 1 is 1.40 bits per heavy atom. The number of hydrogen-bond acceptors (Lipinski definition) is 2. The average molecular weight is 212 g/mol. The van der Waals surface area contributed by atoms with Crippen molar-refractivity contribution in [3.8, 4) is 0 Å². The minimum absolute atomic E-state index is 0.108. The van der Waals surface area contributed by atoms with Gasteiger partial charge >= 0.3 is 0 Å². The number of rotatable bonds is 3. The van der Waals surface area contributed by atoms with Gasteiger partial charge in [0.05, 0.1) is 6.04 Å². The van der Waals surface area contributed by atoms with Gasteiger partial charge in [-0.3, -0.25) is 4.79 Å². The fourth-order valence-corrected chi connectivity index (χ4v) is 2.25. The molecule has 1 amide bonds. The summed E-state index contributed by atoms with van der Waals surface area (Å²) in [6.45, 7) is 4.25. The summed E-state index contributed by atoms with van der Waals surface area (Å²) in [5, 5.41) is 0. The van der Waals surface area contributed by atoms with Gasteiger partial charge in [-0.15, -0.1) is 0 Å². The van der Waals surface area contributed by atoms with Crippen molar-refractivity contribution in [2.24, 2.45) is 11.7 Å². The van der Waals surface area contributed by atoms with Gasteiger partial charge in [0.1, 0.15) is 0 Å². The third kappa shape index (κ3) is 3.20. The smallest absolute Gasteiger partial charge is 0.239 e. The van der Waals surface area contributed by atoms with Crippen LogP contribution in [0.15, 0.2) is 0 Å². The Morgan fingerprint density at radius 3 is 2.40 bits per heavy atom. The standard InChI is InChI=1S/C12H24N2O/c1-4-11(13)12(15)14(3)10-7-5-9(2)6-8-10/h9-11H,4-8,13H2,1-3H3/t9?,10?,11-/m0/s1. The second-order valence-electron chi connectivity index (χ2n) is 4.88. The maximum Gasteiger partial charge on any atom is 0.239 e. The van der Waals surface area contributed by atoms with E-state index >= 15 is 0 Å². The SMILES string of the molecule is CC[C@H](N)C(=O)N(C)C1CCC(C)CC1. The summed E-state index contributed by atoms with van der Waals surface area (Å²) in [7, 11) is 1.90. The monoisotopic (exact) mass is 212 g/mol. The summed E-state index contributed by atoms with van der Waals surface area (Å²) in [6.07, 6.45) is 5.49. The van der Waals surface area contributed by atoms with E-state index < -0.39 is 0 Å². The predicted molar refractivity (Wildman–Crippen MR) is 62.5 cm³/mol. The van der Waals surface area contributed by atoms with E-state index in [1.54, 1.807) is 0 Å². The number of hydrogen-bond donors (Lipinski definition) is 1. The van der Waals surface area contributed by atoms with Gasteiger partial charge in [-0.2, -0.15) is 0 Å². The lowest BCUT2D eigenvalue weighted by molar-refractivity contribution is -0.134. The van der Waals surface area contributed by atoms with Crippen molar-refractivity contribution < 1.29 is 4.79 Å². The Balaban J connectivity index is 2.46. The number of nitrogens with two attached hydrogens (primary N) is 1. The molecular weight excluding hydrogens is 188 g/mol. The first-order valence-corrected chi connectivity index (χ1v) is 6.08. The molecule has 1 rings (SSSR count). The fourth-order valence-electron chi connectivity index (χ4n) is 2.25. The maximum atomic E-state index is 11.9. The molecule has 0 saturated heterocycles. The lowest BCUT2D eigenvalue weighted by atomic mass is 9.86. The van der Waals surface area contributed by atoms with Gasteiger partial charge in [0.15, 0.2) is 0 Å². The zero-order valence-electron chi connectivity index (χ0n) is 10.2. The molecule has 0 radical (unpaired) electrons. The molecule has 1 aliphatic carbocycles. The fraction of sp³-hybridized carbons (Fsp3) is 0.917. The van der Waals surface area contributed by atoms with E-state index in [9.17, 15) is 4.79 Å². The first-order valence-electron chi connectivity index (χ1n) is 6.08. The van der Waals surface area contributed by atoms with E-state index in [4.69, 9.17) is 5.73 Å². The van der Waals surface area contributed by atoms with Gasteiger partial charge in [-0.05, 0) is 38.0 Å². The molecule has 0 spiro atoms. The molecular formula is C12H24N2O. The van der Waals surface area contributed by atoms with Gasteiger partial charge in [0.25, 0.3) is 0 Å². The van der Waals surface area contributed by atoms with Crippen LogP contribution in [-0.2, 0) is 4.79 Å². The van der Waals surface area contributed by atoms with Crippen LogP contribution in [-0.4, -0.2) is 29.9 Å². The predicted octanol–water partition coefficient (Wildman–Crippen LogP) is 1.76. The highest BCUT2D eigenvalue weighted by atomic mass is 16.2. The van der Waals surface area contributed by atoms with Crippen LogP contribution >= 0.6 is 0 Å². The molecule has 1 atom stereocenters. The Labute approximate surface area is 93.0 Å². The van der Waals surface area contributed by atoms with Crippen molar-refractivity contribution >= 4 is 5.91 Å². The molecule has 1 fully saturated rings. The summed E-state index contributed by atoms with van der Waals surface area (Å²) >= 11 is 0. The first kappa shape index (κ1) is 12.5. The molecule has 88 valence electrons. The maximum absolute atomic E-state index is 11.9. The van der Waals surface area contributed by atoms with Gasteiger partial charge in [-0.1, -0.05) is 13.8 Å². The highest BCUT2D eigenvalue weighted by Crippen LogP contribution is 2.26. The number of likely N-dealkylation sites (N-methyl/N-ethyl adjacent to an activating group) is 1. The topological polar surface area (TPSA) is 46.3 Å². The highest BCUT2D eigenvalue weighted by molar-refractivity contribution is 5.81. The quantitative estimate of drug-likeness (QED) is 0.775. The molecule has 0 heterocycles. The van der Waals surface area contributed by atoms with E-state index in [2.05, 4.69) is 6.92 Å². The molecule has 0 aromatic heterocycles. The van der Waals surface area contributed by atoms with Gasteiger partial charge in [-0.25, -0.2) is 0 Å². The zero-order chi connectivity index (χ0) is 11.4. The van der Waals surface area contributed by atoms with E-state index in [0.717, 1.165) is 25.2 Å². The van der Waals surface area contributed by atoms with Crippen LogP contribution in [0, 0.1) is 5.92 Å². The second kappa shape index (κ2) is 5.50. The lowest BCUT2D eigenvalue weighted by Gasteiger charge is -2.34. The van der Waals surface area contributed by atoms with E-state index in [-0.39, 0.29) is 11.9 Å². The van der Waals surface area contributed by atoms with Crippen LogP contribution < -0.4 is 5.73 Å². The molecule has 15 heavy (non-hydrogen) atoms. The lowest BCUT2D eigenvalue weighted by Crippen LogP contribution is -2.47. The molecule has 0 unspecified atom stereocenters. The molecule has 0 aromatic rings. The second-order valence-corrected chi connectivity index (χ2v) is 4.88. The molecule has 0 aromatic carbocycles. The number of nitrogens with zero attached hydrogens (tertiary/aromatic N) is 1. The van der Waals surface area contributed by atoms with Crippen molar-refractivity contribution in [1.29, 1.82) is 0 Å². The molecule has 1 aliphatic rings. The van der Waals surface area contributed by atoms with Crippen molar-refractivity contribution in [2.75, 3.05) is 7.05 Å². The molecule has 1 saturated carbocycles. The van der Waals surface area contributed by atoms with E-state index in [1.165, 1.54) is 12.8 Å². The summed E-state index contributed by atoms with van der Waals surface area (Å²) in [5.74, 6) is 0.932. The number of carbonyl (C=O) groups excluding carboxylic acids is 1. The normalized spacial score (nSPS) is 28.5. The van der Waals surface area contributed by atoms with Crippen molar-refractivity contribution in [3.63, 3.8) is 0 Å². The van der Waals surface area contributed by atoms with Crippen LogP contribution in [0.2, 0.25) is 0 Å². The molecule has 3 nitrogen and oxygen atoms in total. The van der Waals surface area contributed by atoms with Crippen LogP contribution in [0.4, 0.5) is 0 Å². The summed E-state index contributed by atoms with van der Waals surface area (Å²) in [6, 6.07) is 0.112. The minimum atomic E-state index is -0.311. The Hall–Kier alpha value is -0.570. The minimum Gasteiger partial charge on any atom is -0.341 e. The third-order valence-corrected chi connectivity index (χ3v) is 3.64. The summed E-state index contributed by atoms with van der Waals surface area (Å²) in [4.78, 5) is 13.7. The van der Waals surface area contributed by atoms with Crippen LogP contribution in [0.25, 0.3) is 0 Å². The van der Waals surface area contributed by atoms with Crippen molar-refractivity contribution in [3.05, 3.63) is 0 Å². The van der Waals surface area contributed by atoms with Crippen molar-refractivity contribution in [2.45, 2.75) is 58.0 Å². The Bertz CT molecular complexity index is 210. The first-order chi connectivity index (χ1) is 7.06. The summed E-state index contributed by atoms with van der Waals surface area (Å²) < 4.78 is 0. The van der Waals surface area contributed by atoms with Crippen LogP contribution in [0.3, 0.4) is 0 Å². The van der Waals surface area contributed by atoms with Gasteiger partial charge < -0.3 is 10.6 Å². The Morgan fingerprint density at radius 2 is 1.93 bits per heavy atom. The molecule has 0 bridgehead atoms. The van der Waals surface area contributed by atoms with E-state index in [1.807, 2.05) is 18.9 Å². The van der Waals surface area contributed by atoms with E-state index in [0.29, 0.717) is 6.04 Å². The van der Waals surface area contributed by atoms with Gasteiger partial charge in [0, 0.05) is 13.1 Å². The zero-order valence-corrected chi connectivity index (χ0v) is 10.2.